The van der Waals surface area contributed by atoms with Crippen molar-refractivity contribution in [1.82, 2.24) is 19.7 Å². The minimum Gasteiger partial charge on any atom is -0.306 e. The van der Waals surface area contributed by atoms with Crippen molar-refractivity contribution in [3.63, 3.8) is 0 Å². The number of rotatable bonds is 3. The molecule has 0 fully saturated rings. The van der Waals surface area contributed by atoms with Crippen LogP contribution in [-0.2, 0) is 0 Å². The number of carbonyl (C=O) groups excluding carboxylic acids is 1. The van der Waals surface area contributed by atoms with E-state index in [9.17, 15) is 13.6 Å². The first-order valence-electron chi connectivity index (χ1n) is 6.22. The predicted molar refractivity (Wildman–Crippen MR) is 73.5 cm³/mol. The third-order valence-electron chi connectivity index (χ3n) is 2.82. The van der Waals surface area contributed by atoms with Gasteiger partial charge in [0.15, 0.2) is 5.82 Å². The van der Waals surface area contributed by atoms with Crippen molar-refractivity contribution in [2.45, 2.75) is 0 Å². The van der Waals surface area contributed by atoms with Crippen molar-refractivity contribution >= 4 is 11.7 Å². The summed E-state index contributed by atoms with van der Waals surface area (Å²) in [6, 6.07) is 6.33. The second kappa shape index (κ2) is 5.68. The van der Waals surface area contributed by atoms with Gasteiger partial charge >= 0.3 is 0 Å². The van der Waals surface area contributed by atoms with E-state index in [-0.39, 0.29) is 5.82 Å². The number of anilines is 1. The molecule has 2 heterocycles. The standard InChI is InChI=1S/C14H9F2N5O/c15-9-3-1-4-10(16)13(9)14(22)20-11-7-12(18-8-17-11)21-6-2-5-19-21/h1-8H,(H,17,18,20,22). The number of carbonyl (C=O) groups is 1. The third kappa shape index (κ3) is 2.66. The Hall–Kier alpha value is -3.16. The van der Waals surface area contributed by atoms with Crippen LogP contribution in [0.25, 0.3) is 5.82 Å². The third-order valence-corrected chi connectivity index (χ3v) is 2.82. The lowest BCUT2D eigenvalue weighted by Gasteiger charge is -2.07. The lowest BCUT2D eigenvalue weighted by molar-refractivity contribution is 0.101. The highest BCUT2D eigenvalue weighted by Crippen LogP contribution is 2.15. The second-order valence-corrected chi connectivity index (χ2v) is 4.26. The van der Waals surface area contributed by atoms with E-state index in [1.165, 1.54) is 23.1 Å². The number of nitrogens with one attached hydrogen (secondary N) is 1. The molecule has 0 atom stereocenters. The lowest BCUT2D eigenvalue weighted by atomic mass is 10.2. The molecule has 3 aromatic rings. The van der Waals surface area contributed by atoms with E-state index in [0.29, 0.717) is 5.82 Å². The van der Waals surface area contributed by atoms with Gasteiger partial charge in [0, 0.05) is 18.5 Å². The summed E-state index contributed by atoms with van der Waals surface area (Å²) in [5.74, 6) is -2.31. The largest absolute Gasteiger partial charge is 0.306 e. The Balaban J connectivity index is 1.87. The normalized spacial score (nSPS) is 10.5. The first kappa shape index (κ1) is 13.8. The predicted octanol–water partition coefficient (Wildman–Crippen LogP) is 2.19. The molecule has 1 N–H and O–H groups in total. The van der Waals surface area contributed by atoms with Gasteiger partial charge in [-0.15, -0.1) is 0 Å². The molecule has 0 saturated heterocycles. The summed E-state index contributed by atoms with van der Waals surface area (Å²) in [7, 11) is 0. The molecule has 0 saturated carbocycles. The molecule has 0 radical (unpaired) electrons. The monoisotopic (exact) mass is 301 g/mol. The summed E-state index contributed by atoms with van der Waals surface area (Å²) in [6.07, 6.45) is 4.43. The van der Waals surface area contributed by atoms with Gasteiger partial charge in [-0.25, -0.2) is 23.4 Å². The van der Waals surface area contributed by atoms with E-state index in [4.69, 9.17) is 0 Å². The van der Waals surface area contributed by atoms with Crippen LogP contribution in [0.5, 0.6) is 0 Å². The van der Waals surface area contributed by atoms with Crippen LogP contribution in [0.4, 0.5) is 14.6 Å². The molecule has 2 aromatic heterocycles. The molecule has 6 nitrogen and oxygen atoms in total. The molecule has 0 unspecified atom stereocenters. The summed E-state index contributed by atoms with van der Waals surface area (Å²) < 4.78 is 28.6. The fourth-order valence-electron chi connectivity index (χ4n) is 1.84. The van der Waals surface area contributed by atoms with Gasteiger partial charge in [-0.2, -0.15) is 5.10 Å². The topological polar surface area (TPSA) is 72.7 Å². The van der Waals surface area contributed by atoms with Crippen LogP contribution in [0.1, 0.15) is 10.4 Å². The summed E-state index contributed by atoms with van der Waals surface area (Å²) >= 11 is 0. The molecule has 3 rings (SSSR count). The molecule has 8 heteroatoms. The van der Waals surface area contributed by atoms with Gasteiger partial charge in [-0.1, -0.05) is 6.07 Å². The molecule has 1 aromatic carbocycles. The highest BCUT2D eigenvalue weighted by atomic mass is 19.1. The first-order chi connectivity index (χ1) is 10.6. The molecule has 0 aliphatic rings. The molecule has 0 spiro atoms. The van der Waals surface area contributed by atoms with Gasteiger partial charge in [0.1, 0.15) is 29.3 Å². The zero-order valence-electron chi connectivity index (χ0n) is 11.1. The minimum absolute atomic E-state index is 0.105. The number of hydrogen-bond donors (Lipinski definition) is 1. The molecular weight excluding hydrogens is 292 g/mol. The number of halogens is 2. The van der Waals surface area contributed by atoms with Crippen molar-refractivity contribution in [2.75, 3.05) is 5.32 Å². The smallest absolute Gasteiger partial charge is 0.262 e. The fraction of sp³-hybridized carbons (Fsp3) is 0. The molecule has 1 amide bonds. The van der Waals surface area contributed by atoms with Crippen LogP contribution >= 0.6 is 0 Å². The zero-order valence-corrected chi connectivity index (χ0v) is 11.1. The van der Waals surface area contributed by atoms with Crippen molar-refractivity contribution in [3.8, 4) is 5.82 Å². The van der Waals surface area contributed by atoms with Crippen LogP contribution in [-0.4, -0.2) is 25.7 Å². The van der Waals surface area contributed by atoms with Gasteiger partial charge in [0.25, 0.3) is 5.91 Å². The number of amides is 1. The number of hydrogen-bond acceptors (Lipinski definition) is 4. The van der Waals surface area contributed by atoms with Gasteiger partial charge in [0.05, 0.1) is 0 Å². The van der Waals surface area contributed by atoms with Crippen molar-refractivity contribution in [2.24, 2.45) is 0 Å². The van der Waals surface area contributed by atoms with E-state index in [1.54, 1.807) is 18.5 Å². The van der Waals surface area contributed by atoms with Crippen LogP contribution in [0, 0.1) is 11.6 Å². The highest BCUT2D eigenvalue weighted by Gasteiger charge is 2.17. The van der Waals surface area contributed by atoms with Crippen LogP contribution < -0.4 is 5.32 Å². The average molecular weight is 301 g/mol. The number of benzene rings is 1. The lowest BCUT2D eigenvalue weighted by Crippen LogP contribution is -2.17. The van der Waals surface area contributed by atoms with Gasteiger partial charge in [-0.3, -0.25) is 4.79 Å². The van der Waals surface area contributed by atoms with E-state index in [2.05, 4.69) is 20.4 Å². The summed E-state index contributed by atoms with van der Waals surface area (Å²) in [4.78, 5) is 19.8. The van der Waals surface area contributed by atoms with Crippen molar-refractivity contribution in [3.05, 3.63) is 66.3 Å². The quantitative estimate of drug-likeness (QED) is 0.805. The zero-order chi connectivity index (χ0) is 15.5. The van der Waals surface area contributed by atoms with Gasteiger partial charge < -0.3 is 5.32 Å². The summed E-state index contributed by atoms with van der Waals surface area (Å²) in [5.41, 5.74) is -0.665. The Morgan fingerprint density at radius 3 is 2.59 bits per heavy atom. The Labute approximate surface area is 123 Å². The second-order valence-electron chi connectivity index (χ2n) is 4.26. The first-order valence-corrected chi connectivity index (χ1v) is 6.22. The molecule has 0 aliphatic heterocycles. The maximum atomic E-state index is 13.6. The van der Waals surface area contributed by atoms with Crippen LogP contribution in [0.15, 0.2) is 49.1 Å². The number of aromatic nitrogens is 4. The van der Waals surface area contributed by atoms with Crippen molar-refractivity contribution < 1.29 is 13.6 Å². The minimum atomic E-state index is -0.946. The molecule has 0 aliphatic carbocycles. The highest BCUT2D eigenvalue weighted by molar-refractivity contribution is 6.04. The SMILES string of the molecule is O=C(Nc1cc(-n2cccn2)ncn1)c1c(F)cccc1F. The number of nitrogens with zero attached hydrogens (tertiary/aromatic N) is 4. The maximum absolute atomic E-state index is 13.6. The molecule has 22 heavy (non-hydrogen) atoms. The van der Waals surface area contributed by atoms with Crippen LogP contribution in [0.3, 0.4) is 0 Å². The average Bonchev–Trinajstić information content (AvgIpc) is 3.01. The summed E-state index contributed by atoms with van der Waals surface area (Å²) in [6.45, 7) is 0. The Bertz CT molecular complexity index is 800. The van der Waals surface area contributed by atoms with Crippen LogP contribution in [0.2, 0.25) is 0 Å². The van der Waals surface area contributed by atoms with E-state index in [0.717, 1.165) is 12.1 Å². The van der Waals surface area contributed by atoms with Crippen molar-refractivity contribution in [1.29, 1.82) is 0 Å². The molecular formula is C14H9F2N5O. The van der Waals surface area contributed by atoms with E-state index < -0.39 is 23.1 Å². The summed E-state index contributed by atoms with van der Waals surface area (Å²) in [5, 5.41) is 6.32. The van der Waals surface area contributed by atoms with E-state index >= 15 is 0 Å². The van der Waals surface area contributed by atoms with Gasteiger partial charge in [-0.05, 0) is 18.2 Å². The Morgan fingerprint density at radius 1 is 1.14 bits per heavy atom. The molecule has 110 valence electrons. The van der Waals surface area contributed by atoms with Gasteiger partial charge in [0.2, 0.25) is 0 Å². The molecule has 0 bridgehead atoms. The van der Waals surface area contributed by atoms with E-state index in [1.807, 2.05) is 0 Å². The Kier molecular flexibility index (Phi) is 3.57. The maximum Gasteiger partial charge on any atom is 0.262 e. The Morgan fingerprint density at radius 2 is 1.91 bits per heavy atom. The fourth-order valence-corrected chi connectivity index (χ4v) is 1.84.